The molecule has 0 saturated carbocycles. The molecule has 2 aromatic rings. The van der Waals surface area contributed by atoms with Gasteiger partial charge in [-0.25, -0.2) is 0 Å². The van der Waals surface area contributed by atoms with Crippen LogP contribution in [0.2, 0.25) is 0 Å². The van der Waals surface area contributed by atoms with Gasteiger partial charge in [0.1, 0.15) is 5.75 Å². The molecule has 1 aliphatic rings. The maximum atomic E-state index is 12.2. The molecule has 1 aromatic heterocycles. The van der Waals surface area contributed by atoms with E-state index in [1.54, 1.807) is 30.6 Å². The molecular weight excluding hydrogens is 226 g/mol. The van der Waals surface area contributed by atoms with Gasteiger partial charge < -0.3 is 5.11 Å². The van der Waals surface area contributed by atoms with Crippen molar-refractivity contribution in [1.82, 2.24) is 4.98 Å². The zero-order valence-corrected chi connectivity index (χ0v) is 9.63. The number of hydrogen-bond donors (Lipinski definition) is 1. The fourth-order valence-electron chi connectivity index (χ4n) is 2.20. The summed E-state index contributed by atoms with van der Waals surface area (Å²) in [6.45, 7) is 0. The Bertz CT molecular complexity index is 645. The van der Waals surface area contributed by atoms with E-state index < -0.39 is 0 Å². The molecule has 1 heterocycles. The Balaban J connectivity index is 2.03. The summed E-state index contributed by atoms with van der Waals surface area (Å²) in [7, 11) is 0. The van der Waals surface area contributed by atoms with Crippen molar-refractivity contribution in [1.29, 1.82) is 0 Å². The lowest BCUT2D eigenvalue weighted by molar-refractivity contribution is 0.104. The number of benzene rings is 1. The Morgan fingerprint density at radius 1 is 1.22 bits per heavy atom. The first-order chi connectivity index (χ1) is 8.75. The van der Waals surface area contributed by atoms with Crippen molar-refractivity contribution in [3.63, 3.8) is 0 Å². The van der Waals surface area contributed by atoms with E-state index in [0.717, 1.165) is 11.1 Å². The lowest BCUT2D eigenvalue weighted by Gasteiger charge is -1.97. The van der Waals surface area contributed by atoms with Crippen molar-refractivity contribution in [2.24, 2.45) is 0 Å². The van der Waals surface area contributed by atoms with Crippen molar-refractivity contribution in [2.45, 2.75) is 6.42 Å². The molecule has 0 fully saturated rings. The van der Waals surface area contributed by atoms with Gasteiger partial charge in [-0.05, 0) is 23.8 Å². The van der Waals surface area contributed by atoms with Gasteiger partial charge >= 0.3 is 0 Å². The second kappa shape index (κ2) is 4.11. The molecule has 0 radical (unpaired) electrons. The lowest BCUT2D eigenvalue weighted by atomic mass is 10.1. The number of ketones is 1. The Hall–Kier alpha value is -2.42. The van der Waals surface area contributed by atoms with Gasteiger partial charge in [-0.2, -0.15) is 0 Å². The summed E-state index contributed by atoms with van der Waals surface area (Å²) in [5.74, 6) is 0.181. The molecule has 0 spiro atoms. The predicted molar refractivity (Wildman–Crippen MR) is 68.4 cm³/mol. The van der Waals surface area contributed by atoms with E-state index in [1.165, 1.54) is 0 Å². The zero-order chi connectivity index (χ0) is 12.5. The molecule has 1 aromatic carbocycles. The Kier molecular flexibility index (Phi) is 2.45. The first-order valence-electron chi connectivity index (χ1n) is 5.72. The number of carbonyl (C=O) groups is 1. The number of nitrogens with zero attached hydrogens (tertiary/aromatic N) is 1. The Labute approximate surface area is 104 Å². The van der Waals surface area contributed by atoms with E-state index in [2.05, 4.69) is 4.98 Å². The Morgan fingerprint density at radius 3 is 2.83 bits per heavy atom. The average Bonchev–Trinajstić information content (AvgIpc) is 2.70. The predicted octanol–water partition coefficient (Wildman–Crippen LogP) is 2.61. The number of Topliss-reactive ketones (excluding diaryl/α,β-unsaturated/α-hetero) is 1. The largest absolute Gasteiger partial charge is 0.508 e. The van der Waals surface area contributed by atoms with Crippen LogP contribution in [0.25, 0.3) is 6.08 Å². The van der Waals surface area contributed by atoms with Gasteiger partial charge in [0.05, 0.1) is 0 Å². The third-order valence-corrected chi connectivity index (χ3v) is 3.08. The monoisotopic (exact) mass is 237 g/mol. The van der Waals surface area contributed by atoms with Crippen LogP contribution in [-0.4, -0.2) is 15.9 Å². The number of carbonyl (C=O) groups excluding carboxylic acids is 1. The number of rotatable bonds is 1. The van der Waals surface area contributed by atoms with Crippen LogP contribution in [0.5, 0.6) is 5.75 Å². The fourth-order valence-corrected chi connectivity index (χ4v) is 2.20. The van der Waals surface area contributed by atoms with Gasteiger partial charge in [-0.1, -0.05) is 18.2 Å². The van der Waals surface area contributed by atoms with Crippen molar-refractivity contribution >= 4 is 11.9 Å². The van der Waals surface area contributed by atoms with Crippen LogP contribution in [0.3, 0.4) is 0 Å². The molecule has 0 amide bonds. The lowest BCUT2D eigenvalue weighted by Crippen LogP contribution is -1.94. The molecule has 1 N–H and O–H groups in total. The van der Waals surface area contributed by atoms with E-state index in [1.807, 2.05) is 18.2 Å². The molecule has 3 heteroatoms. The van der Waals surface area contributed by atoms with E-state index in [-0.39, 0.29) is 11.5 Å². The van der Waals surface area contributed by atoms with Crippen molar-refractivity contribution < 1.29 is 9.90 Å². The van der Waals surface area contributed by atoms with Gasteiger partial charge in [0.25, 0.3) is 0 Å². The summed E-state index contributed by atoms with van der Waals surface area (Å²) in [4.78, 5) is 16.2. The summed E-state index contributed by atoms with van der Waals surface area (Å²) < 4.78 is 0. The van der Waals surface area contributed by atoms with E-state index in [0.29, 0.717) is 17.6 Å². The highest BCUT2D eigenvalue weighted by atomic mass is 16.3. The summed E-state index contributed by atoms with van der Waals surface area (Å²) in [6.07, 6.45) is 5.71. The highest BCUT2D eigenvalue weighted by Gasteiger charge is 2.26. The van der Waals surface area contributed by atoms with Gasteiger partial charge in [0.15, 0.2) is 5.78 Å². The highest BCUT2D eigenvalue weighted by molar-refractivity contribution is 6.16. The second-order valence-corrected chi connectivity index (χ2v) is 4.27. The number of pyridine rings is 1. The van der Waals surface area contributed by atoms with Crippen LogP contribution in [-0.2, 0) is 6.42 Å². The molecular formula is C15H11NO2. The first-order valence-corrected chi connectivity index (χ1v) is 5.72. The first kappa shape index (κ1) is 10.7. The van der Waals surface area contributed by atoms with Crippen LogP contribution in [0.4, 0.5) is 0 Å². The minimum absolute atomic E-state index is 0.00949. The number of phenols is 1. The van der Waals surface area contributed by atoms with Crippen LogP contribution in [0.15, 0.2) is 48.3 Å². The van der Waals surface area contributed by atoms with E-state index in [9.17, 15) is 9.90 Å². The third-order valence-electron chi connectivity index (χ3n) is 3.08. The average molecular weight is 237 g/mol. The zero-order valence-electron chi connectivity index (χ0n) is 9.63. The number of phenolic OH excluding ortho intramolecular Hbond substituents is 1. The topological polar surface area (TPSA) is 50.2 Å². The molecule has 88 valence electrons. The maximum absolute atomic E-state index is 12.2. The van der Waals surface area contributed by atoms with E-state index in [4.69, 9.17) is 0 Å². The third kappa shape index (κ3) is 1.70. The minimum Gasteiger partial charge on any atom is -0.508 e. The smallest absolute Gasteiger partial charge is 0.189 e. The molecule has 1 aliphatic carbocycles. The molecule has 18 heavy (non-hydrogen) atoms. The van der Waals surface area contributed by atoms with Crippen molar-refractivity contribution in [2.75, 3.05) is 0 Å². The minimum atomic E-state index is -0.00949. The van der Waals surface area contributed by atoms with Gasteiger partial charge in [-0.3, -0.25) is 9.78 Å². The summed E-state index contributed by atoms with van der Waals surface area (Å²) in [5, 5.41) is 9.74. The maximum Gasteiger partial charge on any atom is 0.189 e. The Morgan fingerprint density at radius 2 is 2.11 bits per heavy atom. The highest BCUT2D eigenvalue weighted by Crippen LogP contribution is 2.33. The number of hydrogen-bond acceptors (Lipinski definition) is 3. The van der Waals surface area contributed by atoms with Crippen molar-refractivity contribution in [3.05, 3.63) is 65.0 Å². The van der Waals surface area contributed by atoms with E-state index >= 15 is 0 Å². The normalized spacial score (nSPS) is 16.0. The molecule has 0 bridgehead atoms. The number of aromatic nitrogens is 1. The fraction of sp³-hybridized carbons (Fsp3) is 0.0667. The molecule has 0 aliphatic heterocycles. The standard InChI is InChI=1S/C15H11NO2/c17-14-5-1-4-12-13(14)8-11(15(12)18)7-10-3-2-6-16-9-10/h1-7,9,17H,8H2/b11-7+. The molecule has 0 saturated heterocycles. The molecule has 3 rings (SSSR count). The summed E-state index contributed by atoms with van der Waals surface area (Å²) in [5.41, 5.74) is 2.91. The van der Waals surface area contributed by atoms with Crippen LogP contribution >= 0.6 is 0 Å². The quantitative estimate of drug-likeness (QED) is 0.775. The van der Waals surface area contributed by atoms with Gasteiger partial charge in [-0.15, -0.1) is 0 Å². The van der Waals surface area contributed by atoms with Gasteiger partial charge in [0.2, 0.25) is 0 Å². The van der Waals surface area contributed by atoms with Crippen molar-refractivity contribution in [3.8, 4) is 5.75 Å². The number of aromatic hydroxyl groups is 1. The molecule has 0 atom stereocenters. The number of allylic oxidation sites excluding steroid dienone is 1. The summed E-state index contributed by atoms with van der Waals surface area (Å²) >= 11 is 0. The van der Waals surface area contributed by atoms with Crippen LogP contribution in [0, 0.1) is 0 Å². The second-order valence-electron chi connectivity index (χ2n) is 4.27. The van der Waals surface area contributed by atoms with Crippen LogP contribution in [0.1, 0.15) is 21.5 Å². The van der Waals surface area contributed by atoms with Crippen LogP contribution < -0.4 is 0 Å². The van der Waals surface area contributed by atoms with Gasteiger partial charge in [0, 0.05) is 35.5 Å². The summed E-state index contributed by atoms with van der Waals surface area (Å²) in [6, 6.07) is 8.78. The molecule has 0 unspecified atom stereocenters. The SMILES string of the molecule is O=C1/C(=C/c2cccnc2)Cc2c(O)cccc21. The molecule has 3 nitrogen and oxygen atoms in total. The number of fused-ring (bicyclic) bond motifs is 1.